The van der Waals surface area contributed by atoms with E-state index < -0.39 is 12.1 Å². The summed E-state index contributed by atoms with van der Waals surface area (Å²) in [5.41, 5.74) is 6.52. The summed E-state index contributed by atoms with van der Waals surface area (Å²) in [6.07, 6.45) is -4.27. The van der Waals surface area contributed by atoms with Crippen LogP contribution in [0.3, 0.4) is 0 Å². The lowest BCUT2D eigenvalue weighted by atomic mass is 9.96. The van der Waals surface area contributed by atoms with Gasteiger partial charge in [-0.05, 0) is 40.9 Å². The Morgan fingerprint density at radius 1 is 1.30 bits per heavy atom. The number of alkyl halides is 3. The van der Waals surface area contributed by atoms with E-state index in [1.165, 1.54) is 4.90 Å². The highest BCUT2D eigenvalue weighted by molar-refractivity contribution is 9.10. The molecule has 0 bridgehead atoms. The molecule has 20 heavy (non-hydrogen) atoms. The van der Waals surface area contributed by atoms with Gasteiger partial charge in [-0.15, -0.1) is 0 Å². The molecule has 0 unspecified atom stereocenters. The van der Waals surface area contributed by atoms with E-state index in [0.717, 1.165) is 0 Å². The molecule has 1 aliphatic rings. The van der Waals surface area contributed by atoms with Crippen molar-refractivity contribution >= 4 is 27.5 Å². The number of hydrogen-bond donors (Lipinski definition) is 1. The summed E-state index contributed by atoms with van der Waals surface area (Å²) in [6.45, 7) is 0.231. The topological polar surface area (TPSA) is 46.3 Å². The predicted octanol–water partition coefficient (Wildman–Crippen LogP) is 3.45. The molecule has 0 aliphatic carbocycles. The van der Waals surface area contributed by atoms with Gasteiger partial charge in [-0.3, -0.25) is 4.79 Å². The Bertz CT molecular complexity index is 511. The van der Waals surface area contributed by atoms with Crippen molar-refractivity contribution < 1.29 is 18.0 Å². The van der Waals surface area contributed by atoms with Crippen molar-refractivity contribution in [1.82, 2.24) is 4.90 Å². The third-order valence-corrected chi connectivity index (χ3v) is 4.39. The summed E-state index contributed by atoms with van der Waals surface area (Å²) in [4.78, 5) is 13.7. The first kappa shape index (κ1) is 15.2. The Kier molecular flexibility index (Phi) is 4.27. The van der Waals surface area contributed by atoms with Gasteiger partial charge in [0.25, 0.3) is 5.91 Å². The van der Waals surface area contributed by atoms with Gasteiger partial charge in [-0.1, -0.05) is 6.07 Å². The largest absolute Gasteiger partial charge is 0.398 e. The van der Waals surface area contributed by atoms with Crippen LogP contribution in [0.15, 0.2) is 22.7 Å². The van der Waals surface area contributed by atoms with Gasteiger partial charge in [-0.2, -0.15) is 13.2 Å². The first-order valence-electron chi connectivity index (χ1n) is 6.20. The van der Waals surface area contributed by atoms with Gasteiger partial charge in [0.05, 0.1) is 16.0 Å². The Morgan fingerprint density at radius 3 is 2.45 bits per heavy atom. The van der Waals surface area contributed by atoms with E-state index in [1.54, 1.807) is 18.2 Å². The van der Waals surface area contributed by atoms with Crippen LogP contribution in [-0.2, 0) is 0 Å². The molecule has 2 N–H and O–H groups in total. The second kappa shape index (κ2) is 5.63. The number of amides is 1. The van der Waals surface area contributed by atoms with Crippen molar-refractivity contribution in [3.63, 3.8) is 0 Å². The molecule has 1 aromatic carbocycles. The zero-order valence-electron chi connectivity index (χ0n) is 10.6. The third kappa shape index (κ3) is 3.08. The minimum Gasteiger partial charge on any atom is -0.398 e. The maximum Gasteiger partial charge on any atom is 0.391 e. The van der Waals surface area contributed by atoms with Gasteiger partial charge in [0, 0.05) is 18.8 Å². The van der Waals surface area contributed by atoms with Crippen LogP contribution in [0.25, 0.3) is 0 Å². The first-order chi connectivity index (χ1) is 9.30. The molecule has 3 nitrogen and oxygen atoms in total. The molecule has 0 radical (unpaired) electrons. The summed E-state index contributed by atoms with van der Waals surface area (Å²) in [7, 11) is 0. The molecule has 1 aromatic rings. The fourth-order valence-corrected chi connectivity index (χ4v) is 2.73. The lowest BCUT2D eigenvalue weighted by Gasteiger charge is -2.33. The third-order valence-electron chi connectivity index (χ3n) is 3.50. The zero-order chi connectivity index (χ0) is 14.9. The Balaban J connectivity index is 2.07. The van der Waals surface area contributed by atoms with Gasteiger partial charge < -0.3 is 10.6 Å². The fraction of sp³-hybridized carbons (Fsp3) is 0.462. The number of rotatable bonds is 1. The maximum atomic E-state index is 12.6. The number of carbonyl (C=O) groups is 1. The lowest BCUT2D eigenvalue weighted by molar-refractivity contribution is -0.183. The van der Waals surface area contributed by atoms with Crippen molar-refractivity contribution in [2.45, 2.75) is 19.0 Å². The van der Waals surface area contributed by atoms with Crippen LogP contribution >= 0.6 is 15.9 Å². The average Bonchev–Trinajstić information content (AvgIpc) is 2.40. The second-order valence-corrected chi connectivity index (χ2v) is 5.61. The van der Waals surface area contributed by atoms with Crippen LogP contribution in [0.5, 0.6) is 0 Å². The molecular weight excluding hydrogens is 337 g/mol. The number of nitrogens with two attached hydrogens (primary N) is 1. The lowest BCUT2D eigenvalue weighted by Crippen LogP contribution is -2.42. The SMILES string of the molecule is Nc1cccc(C(=O)N2CCC(C(F)(F)F)CC2)c1Br. The van der Waals surface area contributed by atoms with Crippen LogP contribution in [0.2, 0.25) is 0 Å². The maximum absolute atomic E-state index is 12.6. The second-order valence-electron chi connectivity index (χ2n) is 4.82. The number of anilines is 1. The number of hydrogen-bond acceptors (Lipinski definition) is 2. The molecule has 0 atom stereocenters. The number of benzene rings is 1. The highest BCUT2D eigenvalue weighted by Gasteiger charge is 2.41. The molecular formula is C13H14BrF3N2O. The van der Waals surface area contributed by atoms with Crippen molar-refractivity contribution in [3.8, 4) is 0 Å². The van der Waals surface area contributed by atoms with Crippen LogP contribution in [0, 0.1) is 5.92 Å². The average molecular weight is 351 g/mol. The summed E-state index contributed by atoms with van der Waals surface area (Å²) in [6, 6.07) is 4.91. The minimum atomic E-state index is -4.17. The highest BCUT2D eigenvalue weighted by atomic mass is 79.9. The van der Waals surface area contributed by atoms with E-state index in [4.69, 9.17) is 5.73 Å². The predicted molar refractivity (Wildman–Crippen MR) is 73.2 cm³/mol. The standard InChI is InChI=1S/C13H14BrF3N2O/c14-11-9(2-1-3-10(11)18)12(20)19-6-4-8(5-7-19)13(15,16)17/h1-3,8H,4-7,18H2. The van der Waals surface area contributed by atoms with Crippen molar-refractivity contribution in [2.75, 3.05) is 18.8 Å². The van der Waals surface area contributed by atoms with E-state index in [2.05, 4.69) is 15.9 Å². The zero-order valence-corrected chi connectivity index (χ0v) is 12.2. The molecule has 2 rings (SSSR count). The molecule has 0 aromatic heterocycles. The number of halogens is 4. The van der Waals surface area contributed by atoms with Gasteiger partial charge in [0.2, 0.25) is 0 Å². The first-order valence-corrected chi connectivity index (χ1v) is 7.00. The number of likely N-dealkylation sites (tertiary alicyclic amines) is 1. The molecule has 1 fully saturated rings. The molecule has 7 heteroatoms. The smallest absolute Gasteiger partial charge is 0.391 e. The summed E-state index contributed by atoms with van der Waals surface area (Å²) < 4.78 is 38.2. The Hall–Kier alpha value is -1.24. The monoisotopic (exact) mass is 350 g/mol. The van der Waals surface area contributed by atoms with Gasteiger partial charge in [0.15, 0.2) is 0 Å². The van der Waals surface area contributed by atoms with Crippen molar-refractivity contribution in [2.24, 2.45) is 5.92 Å². The van der Waals surface area contributed by atoms with E-state index in [1.807, 2.05) is 0 Å². The number of piperidine rings is 1. The molecule has 1 amide bonds. The normalized spacial score (nSPS) is 17.3. The molecule has 0 spiro atoms. The Labute approximate surface area is 123 Å². The quantitative estimate of drug-likeness (QED) is 0.788. The van der Waals surface area contributed by atoms with Crippen LogP contribution in [0.4, 0.5) is 18.9 Å². The summed E-state index contributed by atoms with van der Waals surface area (Å²) >= 11 is 3.24. The minimum absolute atomic E-state index is 0.0465. The van der Waals surface area contributed by atoms with Crippen LogP contribution < -0.4 is 5.73 Å². The molecule has 1 heterocycles. The van der Waals surface area contributed by atoms with Crippen molar-refractivity contribution in [1.29, 1.82) is 0 Å². The fourth-order valence-electron chi connectivity index (χ4n) is 2.30. The number of nitrogen functional groups attached to an aromatic ring is 1. The van der Waals surface area contributed by atoms with E-state index in [0.29, 0.717) is 15.7 Å². The van der Waals surface area contributed by atoms with Gasteiger partial charge in [0.1, 0.15) is 0 Å². The highest BCUT2D eigenvalue weighted by Crippen LogP contribution is 2.35. The number of nitrogens with zero attached hydrogens (tertiary/aromatic N) is 1. The molecule has 0 saturated carbocycles. The van der Waals surface area contributed by atoms with E-state index in [-0.39, 0.29) is 31.8 Å². The van der Waals surface area contributed by atoms with Crippen molar-refractivity contribution in [3.05, 3.63) is 28.2 Å². The van der Waals surface area contributed by atoms with Gasteiger partial charge in [-0.25, -0.2) is 0 Å². The van der Waals surface area contributed by atoms with Crippen LogP contribution in [-0.4, -0.2) is 30.1 Å². The molecule has 1 saturated heterocycles. The van der Waals surface area contributed by atoms with Gasteiger partial charge >= 0.3 is 6.18 Å². The molecule has 1 aliphatic heterocycles. The van der Waals surface area contributed by atoms with E-state index in [9.17, 15) is 18.0 Å². The van der Waals surface area contributed by atoms with Crippen LogP contribution in [0.1, 0.15) is 23.2 Å². The summed E-state index contributed by atoms with van der Waals surface area (Å²) in [5.74, 6) is -1.60. The summed E-state index contributed by atoms with van der Waals surface area (Å²) in [5, 5.41) is 0. The molecule has 110 valence electrons. The Morgan fingerprint density at radius 2 is 1.90 bits per heavy atom. The number of carbonyl (C=O) groups excluding carboxylic acids is 1. The van der Waals surface area contributed by atoms with E-state index >= 15 is 0 Å².